The van der Waals surface area contributed by atoms with Gasteiger partial charge in [0.25, 0.3) is 0 Å². The van der Waals surface area contributed by atoms with Crippen LogP contribution in [0, 0.1) is 0 Å². The fraction of sp³-hybridized carbons (Fsp3) is 0. The van der Waals surface area contributed by atoms with Gasteiger partial charge in [-0.1, -0.05) is 30.3 Å². The number of H-pyrrole nitrogens is 2. The maximum absolute atomic E-state index is 6.62. The second-order valence-corrected chi connectivity index (χ2v) is 7.64. The van der Waals surface area contributed by atoms with Gasteiger partial charge in [0.1, 0.15) is 0 Å². The van der Waals surface area contributed by atoms with Crippen LogP contribution in [0.1, 0.15) is 22.8 Å². The third-order valence-electron chi connectivity index (χ3n) is 5.45. The normalized spacial score (nSPS) is 12.0. The summed E-state index contributed by atoms with van der Waals surface area (Å²) in [6, 6.07) is 22.3. The molecule has 157 valence electrons. The number of aromatic nitrogens is 4. The number of benzene rings is 1. The number of nitrogens with two attached hydrogens (primary N) is 1. The molecule has 32 heavy (non-hydrogen) atoms. The van der Waals surface area contributed by atoms with E-state index in [1.807, 2.05) is 78.9 Å². The van der Waals surface area contributed by atoms with Gasteiger partial charge in [-0.05, 0) is 66.3 Å². The molecule has 3 aromatic heterocycles. The molecule has 0 unspecified atom stereocenters. The minimum absolute atomic E-state index is 0. The van der Waals surface area contributed by atoms with Gasteiger partial charge in [0.15, 0.2) is 0 Å². The van der Waals surface area contributed by atoms with Crippen molar-refractivity contribution < 1.29 is 16.8 Å². The maximum Gasteiger partial charge on any atom is 0.0659 e. The van der Waals surface area contributed by atoms with E-state index in [1.54, 1.807) is 0 Å². The molecule has 8 bridgehead atoms. The number of anilines is 1. The van der Waals surface area contributed by atoms with Gasteiger partial charge >= 0.3 is 0 Å². The van der Waals surface area contributed by atoms with Crippen molar-refractivity contribution in [2.45, 2.75) is 0 Å². The van der Waals surface area contributed by atoms with E-state index >= 15 is 0 Å². The van der Waals surface area contributed by atoms with Crippen molar-refractivity contribution in [1.29, 1.82) is 0 Å². The third kappa shape index (κ3) is 3.66. The van der Waals surface area contributed by atoms with Crippen molar-refractivity contribution >= 4 is 52.1 Å². The molecule has 6 heteroatoms. The predicted molar refractivity (Wildman–Crippen MR) is 129 cm³/mol. The summed E-state index contributed by atoms with van der Waals surface area (Å²) in [6.45, 7) is 0. The fourth-order valence-corrected chi connectivity index (χ4v) is 4.02. The standard InChI is InChI=1S/C26H19N5.Co/c27-26-24-15-22-11-9-20(30-22)13-18-7-6-17(28-18)12-19-8-10-21(29-19)14-23(31-24)25(26)16-4-2-1-3-5-16;/h1-15,28,31H,27H2;. The first-order chi connectivity index (χ1) is 15.2. The van der Waals surface area contributed by atoms with Gasteiger partial charge in [-0.2, -0.15) is 0 Å². The first-order valence-corrected chi connectivity index (χ1v) is 10.1. The number of rotatable bonds is 1. The van der Waals surface area contributed by atoms with Crippen molar-refractivity contribution in [3.05, 3.63) is 89.5 Å². The number of fused-ring (bicyclic) bond motifs is 8. The predicted octanol–water partition coefficient (Wildman–Crippen LogP) is 5.90. The molecule has 1 aromatic carbocycles. The Morgan fingerprint density at radius 2 is 1.12 bits per heavy atom. The second kappa shape index (κ2) is 7.99. The van der Waals surface area contributed by atoms with Gasteiger partial charge in [0.05, 0.1) is 39.5 Å². The summed E-state index contributed by atoms with van der Waals surface area (Å²) in [5, 5.41) is 0. The van der Waals surface area contributed by atoms with E-state index in [0.29, 0.717) is 5.69 Å². The molecule has 0 saturated carbocycles. The Bertz CT molecular complexity index is 1540. The average Bonchev–Trinajstić information content (AvgIpc) is 3.55. The van der Waals surface area contributed by atoms with Crippen LogP contribution in [0.4, 0.5) is 5.69 Å². The zero-order valence-corrected chi connectivity index (χ0v) is 18.0. The Kier molecular flexibility index (Phi) is 5.01. The summed E-state index contributed by atoms with van der Waals surface area (Å²) in [7, 11) is 0. The number of nitrogen functional groups attached to an aromatic ring is 1. The van der Waals surface area contributed by atoms with Gasteiger partial charge in [0.2, 0.25) is 0 Å². The summed E-state index contributed by atoms with van der Waals surface area (Å²) in [4.78, 5) is 16.4. The number of nitrogens with one attached hydrogen (secondary N) is 2. The molecule has 0 aliphatic carbocycles. The van der Waals surface area contributed by atoms with E-state index in [1.165, 1.54) is 0 Å². The van der Waals surface area contributed by atoms with Crippen LogP contribution in [-0.2, 0) is 16.8 Å². The molecule has 2 aliphatic rings. The zero-order chi connectivity index (χ0) is 20.8. The molecular weight excluding hydrogens is 441 g/mol. The minimum Gasteiger partial charge on any atom is -0.396 e. The van der Waals surface area contributed by atoms with Crippen LogP contribution in [-0.4, -0.2) is 19.9 Å². The quantitative estimate of drug-likeness (QED) is 0.286. The number of aromatic amines is 2. The van der Waals surface area contributed by atoms with Crippen LogP contribution < -0.4 is 5.73 Å². The molecule has 5 heterocycles. The van der Waals surface area contributed by atoms with Crippen LogP contribution in [0.2, 0.25) is 0 Å². The molecule has 0 fully saturated rings. The van der Waals surface area contributed by atoms with Crippen LogP contribution in [0.3, 0.4) is 0 Å². The largest absolute Gasteiger partial charge is 0.396 e. The summed E-state index contributed by atoms with van der Waals surface area (Å²) < 4.78 is 0. The van der Waals surface area contributed by atoms with Crippen molar-refractivity contribution in [1.82, 2.24) is 19.9 Å². The molecule has 4 N–H and O–H groups in total. The Hall–Kier alpha value is -3.87. The van der Waals surface area contributed by atoms with E-state index in [-0.39, 0.29) is 16.8 Å². The second-order valence-electron chi connectivity index (χ2n) is 7.64. The summed E-state index contributed by atoms with van der Waals surface area (Å²) in [5.74, 6) is 0. The smallest absolute Gasteiger partial charge is 0.0659 e. The number of hydrogen-bond acceptors (Lipinski definition) is 3. The van der Waals surface area contributed by atoms with Crippen molar-refractivity contribution in [3.8, 4) is 11.1 Å². The van der Waals surface area contributed by atoms with Gasteiger partial charge in [0, 0.05) is 33.4 Å². The summed E-state index contributed by atoms with van der Waals surface area (Å²) in [6.07, 6.45) is 8.03. The Morgan fingerprint density at radius 3 is 1.72 bits per heavy atom. The van der Waals surface area contributed by atoms with Crippen molar-refractivity contribution in [2.75, 3.05) is 5.73 Å². The Balaban J connectivity index is 0.00000216. The number of hydrogen-bond donors (Lipinski definition) is 3. The van der Waals surface area contributed by atoms with Gasteiger partial charge in [-0.15, -0.1) is 0 Å². The first kappa shape index (κ1) is 20.1. The summed E-state index contributed by atoms with van der Waals surface area (Å²) in [5.41, 5.74) is 16.6. The molecule has 0 amide bonds. The molecule has 1 radical (unpaired) electrons. The zero-order valence-electron chi connectivity index (χ0n) is 17.0. The molecule has 4 aromatic rings. The van der Waals surface area contributed by atoms with Gasteiger partial charge < -0.3 is 15.7 Å². The number of nitrogens with zero attached hydrogens (tertiary/aromatic N) is 2. The van der Waals surface area contributed by atoms with Crippen LogP contribution in [0.5, 0.6) is 0 Å². The van der Waals surface area contributed by atoms with E-state index in [0.717, 1.165) is 56.0 Å². The van der Waals surface area contributed by atoms with E-state index < -0.39 is 0 Å². The maximum atomic E-state index is 6.62. The fourth-order valence-electron chi connectivity index (χ4n) is 4.02. The SMILES string of the molecule is Nc1c(-c2ccccc2)c2cc3nc(cc4ccc(cc5nc(cc1[nH]2)C=C5)[nH]4)C=C3.[Co]. The van der Waals surface area contributed by atoms with Crippen LogP contribution in [0.15, 0.2) is 66.7 Å². The average molecular weight is 460 g/mol. The molecular formula is C26H19CoN5. The van der Waals surface area contributed by atoms with Crippen LogP contribution >= 0.6 is 0 Å². The van der Waals surface area contributed by atoms with Gasteiger partial charge in [-0.25, -0.2) is 9.97 Å². The molecule has 0 spiro atoms. The van der Waals surface area contributed by atoms with Crippen LogP contribution in [0.25, 0.3) is 57.5 Å². The Labute approximate surface area is 195 Å². The third-order valence-corrected chi connectivity index (χ3v) is 5.45. The molecule has 5 nitrogen and oxygen atoms in total. The molecule has 2 aliphatic heterocycles. The summed E-state index contributed by atoms with van der Waals surface area (Å²) >= 11 is 0. The first-order valence-electron chi connectivity index (χ1n) is 10.1. The topological polar surface area (TPSA) is 83.4 Å². The van der Waals surface area contributed by atoms with E-state index in [9.17, 15) is 0 Å². The van der Waals surface area contributed by atoms with Gasteiger partial charge in [-0.3, -0.25) is 0 Å². The molecule has 0 atom stereocenters. The Morgan fingerprint density at radius 1 is 0.594 bits per heavy atom. The van der Waals surface area contributed by atoms with E-state index in [4.69, 9.17) is 15.7 Å². The molecule has 0 saturated heterocycles. The minimum atomic E-state index is 0. The van der Waals surface area contributed by atoms with Crippen molar-refractivity contribution in [3.63, 3.8) is 0 Å². The van der Waals surface area contributed by atoms with Crippen molar-refractivity contribution in [2.24, 2.45) is 0 Å². The van der Waals surface area contributed by atoms with E-state index in [2.05, 4.69) is 22.1 Å². The molecule has 6 rings (SSSR count). The monoisotopic (exact) mass is 460 g/mol.